The Bertz CT molecular complexity index is 782. The van der Waals surface area contributed by atoms with E-state index in [4.69, 9.17) is 4.74 Å². The van der Waals surface area contributed by atoms with Crippen LogP contribution in [0.2, 0.25) is 0 Å². The summed E-state index contributed by atoms with van der Waals surface area (Å²) in [5, 5.41) is 0. The number of carbonyl (C=O) groups is 1. The topological polar surface area (TPSA) is 50.6 Å². The Morgan fingerprint density at radius 2 is 1.96 bits per heavy atom. The fraction of sp³-hybridized carbons (Fsp3) is 0.500. The van der Waals surface area contributed by atoms with Crippen molar-refractivity contribution >= 4 is 27.7 Å². The number of likely N-dealkylation sites (N-methyl/N-ethyl adjacent to an activating group) is 1. The summed E-state index contributed by atoms with van der Waals surface area (Å²) in [6, 6.07) is 8.59. The van der Waals surface area contributed by atoms with Crippen LogP contribution >= 0.6 is 15.9 Å². The minimum absolute atomic E-state index is 0.175. The number of halogens is 1. The molecule has 7 heteroatoms. The molecule has 3 rings (SSSR count). The summed E-state index contributed by atoms with van der Waals surface area (Å²) in [7, 11) is 0. The fourth-order valence-corrected chi connectivity index (χ4v) is 3.68. The molecule has 0 saturated carbocycles. The molecule has 1 aliphatic rings. The maximum atomic E-state index is 12.5. The zero-order chi connectivity index (χ0) is 19.6. The van der Waals surface area contributed by atoms with Gasteiger partial charge in [0.1, 0.15) is 16.5 Å². The van der Waals surface area contributed by atoms with E-state index in [0.717, 1.165) is 29.8 Å². The molecule has 0 radical (unpaired) electrons. The largest absolute Gasteiger partial charge is 0.444 e. The van der Waals surface area contributed by atoms with E-state index < -0.39 is 5.60 Å². The lowest BCUT2D eigenvalue weighted by molar-refractivity contribution is 0.0191. The molecule has 6 nitrogen and oxygen atoms in total. The molecule has 0 spiro atoms. The van der Waals surface area contributed by atoms with Crippen LogP contribution in [-0.4, -0.2) is 51.8 Å². The SMILES string of the molecule is CCN(C(=O)OC(C)(C)C)[C@@H]1CCN(c2ccc(-n3cnc(Br)c3)cc2)C1. The molecule has 27 heavy (non-hydrogen) atoms. The zero-order valence-electron chi connectivity index (χ0n) is 16.4. The predicted octanol–water partition coefficient (Wildman–Crippen LogP) is 4.47. The Morgan fingerprint density at radius 1 is 1.30 bits per heavy atom. The molecule has 1 fully saturated rings. The maximum absolute atomic E-state index is 12.5. The van der Waals surface area contributed by atoms with E-state index in [1.165, 1.54) is 5.69 Å². The van der Waals surface area contributed by atoms with Gasteiger partial charge in [0.25, 0.3) is 0 Å². The first-order chi connectivity index (χ1) is 12.8. The predicted molar refractivity (Wildman–Crippen MR) is 110 cm³/mol. The number of rotatable bonds is 4. The molecule has 0 bridgehead atoms. The van der Waals surface area contributed by atoms with Crippen LogP contribution in [0.25, 0.3) is 5.69 Å². The lowest BCUT2D eigenvalue weighted by Gasteiger charge is -2.31. The second-order valence-electron chi connectivity index (χ2n) is 7.77. The van der Waals surface area contributed by atoms with Gasteiger partial charge in [0, 0.05) is 37.2 Å². The van der Waals surface area contributed by atoms with Crippen molar-refractivity contribution in [3.05, 3.63) is 41.4 Å². The van der Waals surface area contributed by atoms with Gasteiger partial charge in [-0.05, 0) is 74.3 Å². The quantitative estimate of drug-likeness (QED) is 0.711. The van der Waals surface area contributed by atoms with Gasteiger partial charge in [-0.3, -0.25) is 0 Å². The number of ether oxygens (including phenoxy) is 1. The van der Waals surface area contributed by atoms with Crippen molar-refractivity contribution < 1.29 is 9.53 Å². The average molecular weight is 435 g/mol. The lowest BCUT2D eigenvalue weighted by atomic mass is 10.2. The third-order valence-electron chi connectivity index (χ3n) is 4.64. The molecular weight excluding hydrogens is 408 g/mol. The number of imidazole rings is 1. The Kier molecular flexibility index (Phi) is 5.79. The third-order valence-corrected chi connectivity index (χ3v) is 5.05. The summed E-state index contributed by atoms with van der Waals surface area (Å²) in [6.45, 7) is 10.1. The Hall–Kier alpha value is -2.02. The van der Waals surface area contributed by atoms with Crippen LogP contribution in [0.3, 0.4) is 0 Å². The molecule has 146 valence electrons. The summed E-state index contributed by atoms with van der Waals surface area (Å²) in [6.07, 6.45) is 4.44. The molecule has 0 N–H and O–H groups in total. The highest BCUT2D eigenvalue weighted by atomic mass is 79.9. The molecule has 1 amide bonds. The van der Waals surface area contributed by atoms with Crippen molar-refractivity contribution in [1.29, 1.82) is 0 Å². The second kappa shape index (κ2) is 7.92. The molecule has 1 aromatic carbocycles. The standard InChI is InChI=1S/C20H27BrN4O2/c1-5-25(19(26)27-20(2,3)4)17-10-11-23(12-17)15-6-8-16(9-7-15)24-13-18(21)22-14-24/h6-9,13-14,17H,5,10-12H2,1-4H3/t17-/m1/s1. The van der Waals surface area contributed by atoms with E-state index >= 15 is 0 Å². The Balaban J connectivity index is 1.65. The van der Waals surface area contributed by atoms with Gasteiger partial charge in [-0.15, -0.1) is 0 Å². The maximum Gasteiger partial charge on any atom is 0.410 e. The van der Waals surface area contributed by atoms with Crippen LogP contribution in [-0.2, 0) is 4.74 Å². The molecule has 2 heterocycles. The monoisotopic (exact) mass is 434 g/mol. The smallest absolute Gasteiger partial charge is 0.410 e. The molecule has 0 aliphatic carbocycles. The third kappa shape index (κ3) is 4.83. The van der Waals surface area contributed by atoms with Crippen LogP contribution in [0.15, 0.2) is 41.4 Å². The van der Waals surface area contributed by atoms with Crippen molar-refractivity contribution in [3.63, 3.8) is 0 Å². The summed E-state index contributed by atoms with van der Waals surface area (Å²) in [4.78, 5) is 20.9. The van der Waals surface area contributed by atoms with Gasteiger partial charge in [0.2, 0.25) is 0 Å². The van der Waals surface area contributed by atoms with E-state index in [9.17, 15) is 4.79 Å². The number of aromatic nitrogens is 2. The number of hydrogen-bond acceptors (Lipinski definition) is 4. The number of nitrogens with zero attached hydrogens (tertiary/aromatic N) is 4. The van der Waals surface area contributed by atoms with Crippen LogP contribution in [0.4, 0.5) is 10.5 Å². The van der Waals surface area contributed by atoms with Gasteiger partial charge in [-0.1, -0.05) is 0 Å². The van der Waals surface area contributed by atoms with Gasteiger partial charge in [0.05, 0.1) is 6.04 Å². The summed E-state index contributed by atoms with van der Waals surface area (Å²) in [5.74, 6) is 0. The highest BCUT2D eigenvalue weighted by molar-refractivity contribution is 9.10. The Labute approximate surface area is 169 Å². The lowest BCUT2D eigenvalue weighted by Crippen LogP contribution is -2.44. The molecule has 1 saturated heterocycles. The van der Waals surface area contributed by atoms with Crippen LogP contribution in [0.1, 0.15) is 34.1 Å². The van der Waals surface area contributed by atoms with Gasteiger partial charge in [0.15, 0.2) is 0 Å². The summed E-state index contributed by atoms with van der Waals surface area (Å²) in [5.41, 5.74) is 1.76. The van der Waals surface area contributed by atoms with E-state index in [0.29, 0.717) is 6.54 Å². The van der Waals surface area contributed by atoms with E-state index in [2.05, 4.69) is 50.1 Å². The fourth-order valence-electron chi connectivity index (χ4n) is 3.36. The zero-order valence-corrected chi connectivity index (χ0v) is 17.9. The minimum Gasteiger partial charge on any atom is -0.444 e. The van der Waals surface area contributed by atoms with Crippen molar-refractivity contribution in [2.45, 2.75) is 45.8 Å². The molecule has 0 unspecified atom stereocenters. The first-order valence-corrected chi connectivity index (χ1v) is 10.1. The van der Waals surface area contributed by atoms with E-state index in [1.807, 2.05) is 43.4 Å². The summed E-state index contributed by atoms with van der Waals surface area (Å²) >= 11 is 3.37. The number of carbonyl (C=O) groups excluding carboxylic acids is 1. The molecule has 2 aromatic rings. The minimum atomic E-state index is -0.471. The van der Waals surface area contributed by atoms with Crippen molar-refractivity contribution in [2.75, 3.05) is 24.5 Å². The number of hydrogen-bond donors (Lipinski definition) is 0. The van der Waals surface area contributed by atoms with E-state index in [1.54, 1.807) is 6.33 Å². The molecule has 1 atom stereocenters. The number of amides is 1. The van der Waals surface area contributed by atoms with Crippen LogP contribution in [0, 0.1) is 0 Å². The highest BCUT2D eigenvalue weighted by Crippen LogP contribution is 2.25. The van der Waals surface area contributed by atoms with Crippen molar-refractivity contribution in [3.8, 4) is 5.69 Å². The van der Waals surface area contributed by atoms with Crippen molar-refractivity contribution in [1.82, 2.24) is 14.5 Å². The Morgan fingerprint density at radius 3 is 2.52 bits per heavy atom. The summed E-state index contributed by atoms with van der Waals surface area (Å²) < 4.78 is 8.36. The first-order valence-electron chi connectivity index (χ1n) is 9.31. The highest BCUT2D eigenvalue weighted by Gasteiger charge is 2.32. The van der Waals surface area contributed by atoms with Crippen LogP contribution < -0.4 is 4.90 Å². The second-order valence-corrected chi connectivity index (χ2v) is 8.59. The van der Waals surface area contributed by atoms with E-state index in [-0.39, 0.29) is 12.1 Å². The number of benzene rings is 1. The molecular formula is C20H27BrN4O2. The normalized spacial score (nSPS) is 17.2. The molecule has 1 aromatic heterocycles. The molecule has 1 aliphatic heterocycles. The van der Waals surface area contributed by atoms with Gasteiger partial charge >= 0.3 is 6.09 Å². The van der Waals surface area contributed by atoms with Gasteiger partial charge < -0.3 is 19.1 Å². The van der Waals surface area contributed by atoms with Gasteiger partial charge in [-0.2, -0.15) is 0 Å². The van der Waals surface area contributed by atoms with Gasteiger partial charge in [-0.25, -0.2) is 9.78 Å². The average Bonchev–Trinajstić information content (AvgIpc) is 3.24. The first kappa shape index (κ1) is 19.7. The number of anilines is 1. The van der Waals surface area contributed by atoms with Crippen molar-refractivity contribution in [2.24, 2.45) is 0 Å². The van der Waals surface area contributed by atoms with Crippen LogP contribution in [0.5, 0.6) is 0 Å².